The van der Waals surface area contributed by atoms with E-state index >= 15 is 0 Å². The van der Waals surface area contributed by atoms with E-state index in [1.807, 2.05) is 36.0 Å². The van der Waals surface area contributed by atoms with E-state index in [9.17, 15) is 9.59 Å². The van der Waals surface area contributed by atoms with Crippen LogP contribution in [0.5, 0.6) is 0 Å². The van der Waals surface area contributed by atoms with Crippen LogP contribution in [0.4, 0.5) is 5.69 Å². The molecular formula is C19H26BrN3O3S2. The van der Waals surface area contributed by atoms with Crippen LogP contribution in [0.1, 0.15) is 6.42 Å². The van der Waals surface area contributed by atoms with Crippen molar-refractivity contribution in [3.8, 4) is 0 Å². The third-order valence-electron chi connectivity index (χ3n) is 4.95. The first kappa shape index (κ1) is 22.0. The largest absolute Gasteiger partial charge is 0.379 e. The zero-order valence-electron chi connectivity index (χ0n) is 15.7. The zero-order chi connectivity index (χ0) is 19.8. The Bertz CT molecular complexity index is 680. The molecule has 2 fully saturated rings. The molecule has 9 heteroatoms. The van der Waals surface area contributed by atoms with E-state index in [0.29, 0.717) is 6.54 Å². The van der Waals surface area contributed by atoms with Crippen molar-refractivity contribution in [1.29, 1.82) is 0 Å². The van der Waals surface area contributed by atoms with Gasteiger partial charge >= 0.3 is 0 Å². The predicted molar refractivity (Wildman–Crippen MR) is 120 cm³/mol. The summed E-state index contributed by atoms with van der Waals surface area (Å²) in [5.74, 6) is 2.62. The lowest BCUT2D eigenvalue weighted by Crippen LogP contribution is -2.59. The van der Waals surface area contributed by atoms with Gasteiger partial charge in [-0.25, -0.2) is 0 Å². The molecule has 6 nitrogen and oxygen atoms in total. The van der Waals surface area contributed by atoms with Crippen molar-refractivity contribution in [1.82, 2.24) is 10.2 Å². The highest BCUT2D eigenvalue weighted by Gasteiger charge is 2.40. The maximum Gasteiger partial charge on any atom is 0.234 e. The Morgan fingerprint density at radius 2 is 2.04 bits per heavy atom. The average Bonchev–Trinajstić information content (AvgIpc) is 3.17. The zero-order valence-corrected chi connectivity index (χ0v) is 19.0. The first-order chi connectivity index (χ1) is 13.6. The van der Waals surface area contributed by atoms with E-state index in [2.05, 4.69) is 31.5 Å². The van der Waals surface area contributed by atoms with Gasteiger partial charge in [0.05, 0.1) is 24.7 Å². The fourth-order valence-electron chi connectivity index (χ4n) is 3.45. The molecule has 3 rings (SSSR count). The Hall–Kier alpha value is -0.740. The van der Waals surface area contributed by atoms with Gasteiger partial charge in [-0.15, -0.1) is 11.8 Å². The van der Waals surface area contributed by atoms with Crippen molar-refractivity contribution in [2.75, 3.05) is 61.2 Å². The van der Waals surface area contributed by atoms with E-state index < -0.39 is 0 Å². The van der Waals surface area contributed by atoms with Crippen molar-refractivity contribution in [2.45, 2.75) is 12.0 Å². The van der Waals surface area contributed by atoms with Gasteiger partial charge in [-0.05, 0) is 30.4 Å². The summed E-state index contributed by atoms with van der Waals surface area (Å²) in [6.07, 6.45) is 1.10. The van der Waals surface area contributed by atoms with Gasteiger partial charge in [-0.2, -0.15) is 11.8 Å². The molecule has 2 N–H and O–H groups in total. The number of nitrogens with one attached hydrogen (secondary N) is 2. The van der Waals surface area contributed by atoms with Gasteiger partial charge in [0, 0.05) is 41.1 Å². The Morgan fingerprint density at radius 3 is 2.75 bits per heavy atom. The molecular weight excluding hydrogens is 462 g/mol. The second-order valence-electron chi connectivity index (χ2n) is 6.95. The summed E-state index contributed by atoms with van der Waals surface area (Å²) < 4.78 is 6.39. The third-order valence-corrected chi connectivity index (χ3v) is 7.61. The van der Waals surface area contributed by atoms with E-state index in [1.165, 1.54) is 11.8 Å². The number of halogens is 1. The van der Waals surface area contributed by atoms with E-state index in [1.54, 1.807) is 0 Å². The van der Waals surface area contributed by atoms with Crippen LogP contribution in [0, 0.1) is 0 Å². The van der Waals surface area contributed by atoms with Crippen LogP contribution < -0.4 is 10.6 Å². The van der Waals surface area contributed by atoms with Gasteiger partial charge in [0.2, 0.25) is 11.8 Å². The highest BCUT2D eigenvalue weighted by Crippen LogP contribution is 2.33. The molecule has 0 bridgehead atoms. The van der Waals surface area contributed by atoms with Crippen molar-refractivity contribution in [2.24, 2.45) is 0 Å². The number of hydrogen-bond donors (Lipinski definition) is 2. The molecule has 1 unspecified atom stereocenters. The van der Waals surface area contributed by atoms with E-state index in [-0.39, 0.29) is 28.9 Å². The molecule has 154 valence electrons. The molecule has 28 heavy (non-hydrogen) atoms. The summed E-state index contributed by atoms with van der Waals surface area (Å²) >= 11 is 6.67. The number of carbonyl (C=O) groups excluding carboxylic acids is 2. The van der Waals surface area contributed by atoms with Crippen molar-refractivity contribution >= 4 is 57.0 Å². The van der Waals surface area contributed by atoms with Crippen LogP contribution in [0.15, 0.2) is 28.7 Å². The van der Waals surface area contributed by atoms with Crippen LogP contribution in [0.2, 0.25) is 0 Å². The first-order valence-corrected chi connectivity index (χ1v) is 12.5. The minimum atomic E-state index is -0.104. The lowest BCUT2D eigenvalue weighted by molar-refractivity contribution is -0.119. The third kappa shape index (κ3) is 6.38. The number of carbonyl (C=O) groups is 2. The van der Waals surface area contributed by atoms with Crippen molar-refractivity contribution in [3.63, 3.8) is 0 Å². The summed E-state index contributed by atoms with van der Waals surface area (Å²) in [6.45, 7) is 4.07. The van der Waals surface area contributed by atoms with Crippen LogP contribution in [-0.2, 0) is 14.3 Å². The molecule has 2 heterocycles. The number of anilines is 1. The normalized spacial score (nSPS) is 22.8. The number of rotatable bonds is 8. The Kier molecular flexibility index (Phi) is 8.52. The maximum absolute atomic E-state index is 12.3. The highest BCUT2D eigenvalue weighted by molar-refractivity contribution is 9.10. The molecule has 0 saturated carbocycles. The van der Waals surface area contributed by atoms with Crippen LogP contribution in [0.3, 0.4) is 0 Å². The number of benzene rings is 1. The number of nitrogens with zero attached hydrogens (tertiary/aromatic N) is 1. The fraction of sp³-hybridized carbons (Fsp3) is 0.579. The van der Waals surface area contributed by atoms with Gasteiger partial charge in [0.1, 0.15) is 0 Å². The fourth-order valence-corrected chi connectivity index (χ4v) is 5.97. The lowest BCUT2D eigenvalue weighted by atomic mass is 9.95. The summed E-state index contributed by atoms with van der Waals surface area (Å²) in [6, 6.07) is 7.46. The standard InChI is InChI=1S/C19H26BrN3O3S2/c20-15-2-1-3-16(10-15)22-18(25)12-28-11-17(24)21-13-19(4-9-27-14-19)23-5-7-26-8-6-23/h1-3,10H,4-9,11-14H2,(H,21,24)(H,22,25). The van der Waals surface area contributed by atoms with E-state index in [4.69, 9.17) is 4.74 Å². The molecule has 2 saturated heterocycles. The number of thioether (sulfide) groups is 2. The molecule has 2 aliphatic rings. The van der Waals surface area contributed by atoms with Gasteiger partial charge < -0.3 is 15.4 Å². The lowest BCUT2D eigenvalue weighted by Gasteiger charge is -2.43. The molecule has 2 aliphatic heterocycles. The number of morpholine rings is 1. The highest BCUT2D eigenvalue weighted by atomic mass is 79.9. The Morgan fingerprint density at radius 1 is 1.25 bits per heavy atom. The Balaban J connectivity index is 1.38. The molecule has 0 spiro atoms. The monoisotopic (exact) mass is 487 g/mol. The van der Waals surface area contributed by atoms with Crippen molar-refractivity contribution < 1.29 is 14.3 Å². The minimum Gasteiger partial charge on any atom is -0.379 e. The SMILES string of the molecule is O=C(CSCC(=O)Nc1cccc(Br)c1)NCC1(N2CCOCC2)CCSC1. The smallest absolute Gasteiger partial charge is 0.234 e. The molecule has 1 aromatic rings. The molecule has 1 atom stereocenters. The summed E-state index contributed by atoms with van der Waals surface area (Å²) in [5, 5.41) is 5.94. The second kappa shape index (κ2) is 10.9. The average molecular weight is 488 g/mol. The van der Waals surface area contributed by atoms with Crippen LogP contribution in [0.25, 0.3) is 0 Å². The molecule has 0 aromatic heterocycles. The minimum absolute atomic E-state index is 0.00945. The van der Waals surface area contributed by atoms with E-state index in [0.717, 1.165) is 54.4 Å². The first-order valence-electron chi connectivity index (χ1n) is 9.38. The van der Waals surface area contributed by atoms with Gasteiger partial charge in [0.15, 0.2) is 0 Å². The van der Waals surface area contributed by atoms with Gasteiger partial charge in [0.25, 0.3) is 0 Å². The number of hydrogen-bond acceptors (Lipinski definition) is 6. The topological polar surface area (TPSA) is 70.7 Å². The molecule has 1 aromatic carbocycles. The van der Waals surface area contributed by atoms with Crippen LogP contribution >= 0.6 is 39.5 Å². The quantitative estimate of drug-likeness (QED) is 0.586. The number of ether oxygens (including phenoxy) is 1. The predicted octanol–water partition coefficient (Wildman–Crippen LogP) is 2.44. The number of amides is 2. The molecule has 0 aliphatic carbocycles. The molecule has 2 amide bonds. The van der Waals surface area contributed by atoms with Gasteiger partial charge in [-0.3, -0.25) is 14.5 Å². The van der Waals surface area contributed by atoms with Crippen LogP contribution in [-0.4, -0.2) is 78.1 Å². The van der Waals surface area contributed by atoms with Gasteiger partial charge in [-0.1, -0.05) is 22.0 Å². The molecule has 0 radical (unpaired) electrons. The van der Waals surface area contributed by atoms with Crippen molar-refractivity contribution in [3.05, 3.63) is 28.7 Å². The Labute approximate surface area is 183 Å². The summed E-state index contributed by atoms with van der Waals surface area (Å²) in [7, 11) is 0. The maximum atomic E-state index is 12.3. The second-order valence-corrected chi connectivity index (χ2v) is 9.96. The summed E-state index contributed by atoms with van der Waals surface area (Å²) in [5.41, 5.74) is 0.794. The summed E-state index contributed by atoms with van der Waals surface area (Å²) in [4.78, 5) is 26.8.